The van der Waals surface area contributed by atoms with E-state index in [0.717, 1.165) is 51.4 Å². The Morgan fingerprint density at radius 3 is 1.18 bits per heavy atom. The van der Waals surface area contributed by atoms with Crippen LogP contribution in [0.5, 0.6) is 0 Å². The first-order valence-corrected chi connectivity index (χ1v) is 16.6. The number of carboxylic acids is 2. The highest BCUT2D eigenvalue weighted by Gasteiger charge is 1.96. The number of allylic oxidation sites excluding steroid dienone is 8. The lowest BCUT2D eigenvalue weighted by Crippen LogP contribution is -1.93. The minimum atomic E-state index is -0.672. The van der Waals surface area contributed by atoms with Gasteiger partial charge >= 0.3 is 11.9 Å². The van der Waals surface area contributed by atoms with Crippen molar-refractivity contribution < 1.29 is 19.8 Å². The maximum absolute atomic E-state index is 10.3. The second kappa shape index (κ2) is 36.9. The van der Waals surface area contributed by atoms with Crippen LogP contribution >= 0.6 is 0 Å². The molecular weight excluding hydrogens is 496 g/mol. The van der Waals surface area contributed by atoms with Gasteiger partial charge in [0.1, 0.15) is 0 Å². The van der Waals surface area contributed by atoms with Crippen molar-refractivity contribution in [3.63, 3.8) is 0 Å². The third-order valence-corrected chi connectivity index (χ3v) is 6.71. The summed E-state index contributed by atoms with van der Waals surface area (Å²) in [5.74, 6) is -1.34. The van der Waals surface area contributed by atoms with E-state index in [0.29, 0.717) is 12.8 Å². The average Bonchev–Trinajstić information content (AvgIpc) is 2.93. The molecule has 0 aromatic heterocycles. The molecule has 232 valence electrons. The zero-order chi connectivity index (χ0) is 29.8. The fourth-order valence-electron chi connectivity index (χ4n) is 4.19. The summed E-state index contributed by atoms with van der Waals surface area (Å²) in [7, 11) is 0. The van der Waals surface area contributed by atoms with E-state index in [9.17, 15) is 9.59 Å². The lowest BCUT2D eigenvalue weighted by atomic mass is 10.1. The van der Waals surface area contributed by atoms with Gasteiger partial charge in [-0.25, -0.2) is 0 Å². The van der Waals surface area contributed by atoms with Gasteiger partial charge in [-0.1, -0.05) is 133 Å². The Bertz CT molecular complexity index is 645. The summed E-state index contributed by atoms with van der Waals surface area (Å²) < 4.78 is 0. The summed E-state index contributed by atoms with van der Waals surface area (Å²) in [6.45, 7) is 4.48. The lowest BCUT2D eigenvalue weighted by Gasteiger charge is -1.98. The highest BCUT2D eigenvalue weighted by atomic mass is 16.4. The van der Waals surface area contributed by atoms with Crippen LogP contribution in [0.3, 0.4) is 0 Å². The monoisotopic (exact) mass is 560 g/mol. The van der Waals surface area contributed by atoms with Crippen LogP contribution in [-0.4, -0.2) is 22.2 Å². The zero-order valence-corrected chi connectivity index (χ0v) is 26.3. The van der Waals surface area contributed by atoms with Crippen molar-refractivity contribution in [3.05, 3.63) is 48.6 Å². The van der Waals surface area contributed by atoms with Crippen LogP contribution in [-0.2, 0) is 9.59 Å². The van der Waals surface area contributed by atoms with Gasteiger partial charge < -0.3 is 10.2 Å². The number of rotatable bonds is 28. The average molecular weight is 561 g/mol. The van der Waals surface area contributed by atoms with Gasteiger partial charge in [-0.05, 0) is 70.6 Å². The molecule has 40 heavy (non-hydrogen) atoms. The van der Waals surface area contributed by atoms with E-state index in [4.69, 9.17) is 10.2 Å². The van der Waals surface area contributed by atoms with Gasteiger partial charge in [0.15, 0.2) is 0 Å². The minimum absolute atomic E-state index is 0.322. The topological polar surface area (TPSA) is 74.6 Å². The molecule has 2 N–H and O–H groups in total. The molecule has 0 aromatic carbocycles. The Morgan fingerprint density at radius 2 is 0.750 bits per heavy atom. The second-order valence-corrected chi connectivity index (χ2v) is 10.8. The Hall–Kier alpha value is -2.10. The molecule has 0 aliphatic carbocycles. The van der Waals surface area contributed by atoms with Crippen molar-refractivity contribution in [2.45, 2.75) is 168 Å². The largest absolute Gasteiger partial charge is 0.481 e. The van der Waals surface area contributed by atoms with Gasteiger partial charge in [0.2, 0.25) is 0 Å². The molecule has 0 aromatic rings. The summed E-state index contributed by atoms with van der Waals surface area (Å²) >= 11 is 0. The predicted octanol–water partition coefficient (Wildman–Crippen LogP) is 11.8. The van der Waals surface area contributed by atoms with Crippen LogP contribution in [0.15, 0.2) is 48.6 Å². The Morgan fingerprint density at radius 1 is 0.425 bits per heavy atom. The molecule has 0 atom stereocenters. The van der Waals surface area contributed by atoms with Crippen LogP contribution in [0.1, 0.15) is 168 Å². The van der Waals surface area contributed by atoms with E-state index in [-0.39, 0.29) is 0 Å². The molecule has 4 heteroatoms. The van der Waals surface area contributed by atoms with E-state index >= 15 is 0 Å². The highest BCUT2D eigenvalue weighted by molar-refractivity contribution is 5.66. The minimum Gasteiger partial charge on any atom is -0.481 e. The van der Waals surface area contributed by atoms with Crippen LogP contribution in [0.2, 0.25) is 0 Å². The Labute approximate surface area is 248 Å². The van der Waals surface area contributed by atoms with Crippen LogP contribution in [0.25, 0.3) is 0 Å². The van der Waals surface area contributed by atoms with Gasteiger partial charge in [0.05, 0.1) is 0 Å². The number of hydrogen-bond donors (Lipinski definition) is 2. The SMILES string of the molecule is CCCCC/C=C\C/C=C\CCCCCCCC(=O)O.CCCCCC/C=C/C=C\CCCCCCCC(=O)O. The van der Waals surface area contributed by atoms with E-state index in [1.807, 2.05) is 0 Å². The van der Waals surface area contributed by atoms with Gasteiger partial charge in [0, 0.05) is 12.8 Å². The van der Waals surface area contributed by atoms with E-state index in [2.05, 4.69) is 62.5 Å². The Kier molecular flexibility index (Phi) is 36.9. The van der Waals surface area contributed by atoms with Gasteiger partial charge in [0.25, 0.3) is 0 Å². The zero-order valence-electron chi connectivity index (χ0n) is 26.3. The predicted molar refractivity (Wildman–Crippen MR) is 174 cm³/mol. The lowest BCUT2D eigenvalue weighted by molar-refractivity contribution is -0.138. The first kappa shape index (κ1) is 40.0. The quantitative estimate of drug-likeness (QED) is 0.0567. The van der Waals surface area contributed by atoms with Crippen LogP contribution < -0.4 is 0 Å². The second-order valence-electron chi connectivity index (χ2n) is 10.8. The number of carboxylic acid groups (broad SMARTS) is 2. The molecule has 0 spiro atoms. The smallest absolute Gasteiger partial charge is 0.303 e. The number of aliphatic carboxylic acids is 2. The maximum Gasteiger partial charge on any atom is 0.303 e. The van der Waals surface area contributed by atoms with Crippen molar-refractivity contribution in [2.24, 2.45) is 0 Å². The van der Waals surface area contributed by atoms with E-state index < -0.39 is 11.9 Å². The molecule has 0 fully saturated rings. The third kappa shape index (κ3) is 43.0. The van der Waals surface area contributed by atoms with E-state index in [1.54, 1.807) is 0 Å². The van der Waals surface area contributed by atoms with Crippen molar-refractivity contribution in [3.8, 4) is 0 Å². The Balaban J connectivity index is 0. The molecule has 0 saturated carbocycles. The van der Waals surface area contributed by atoms with Crippen molar-refractivity contribution in [2.75, 3.05) is 0 Å². The summed E-state index contributed by atoms with van der Waals surface area (Å²) in [6, 6.07) is 0. The number of unbranched alkanes of at least 4 members (excludes halogenated alkanes) is 17. The highest BCUT2D eigenvalue weighted by Crippen LogP contribution is 2.09. The summed E-state index contributed by atoms with van der Waals surface area (Å²) in [6.07, 6.45) is 44.6. The summed E-state index contributed by atoms with van der Waals surface area (Å²) in [5, 5.41) is 17.0. The van der Waals surface area contributed by atoms with Crippen LogP contribution in [0.4, 0.5) is 0 Å². The fourth-order valence-corrected chi connectivity index (χ4v) is 4.19. The maximum atomic E-state index is 10.3. The molecule has 0 unspecified atom stereocenters. The molecule has 4 nitrogen and oxygen atoms in total. The summed E-state index contributed by atoms with van der Waals surface area (Å²) in [5.41, 5.74) is 0. The number of hydrogen-bond acceptors (Lipinski definition) is 2. The van der Waals surface area contributed by atoms with E-state index in [1.165, 1.54) is 89.9 Å². The summed E-state index contributed by atoms with van der Waals surface area (Å²) in [4.78, 5) is 20.6. The molecule has 0 aliphatic rings. The van der Waals surface area contributed by atoms with Crippen molar-refractivity contribution >= 4 is 11.9 Å². The van der Waals surface area contributed by atoms with Gasteiger partial charge in [-0.3, -0.25) is 9.59 Å². The molecular formula is C36H64O4. The van der Waals surface area contributed by atoms with Crippen molar-refractivity contribution in [1.82, 2.24) is 0 Å². The molecule has 0 bridgehead atoms. The van der Waals surface area contributed by atoms with Gasteiger partial charge in [-0.2, -0.15) is 0 Å². The molecule has 0 radical (unpaired) electrons. The van der Waals surface area contributed by atoms with Gasteiger partial charge in [-0.15, -0.1) is 0 Å². The van der Waals surface area contributed by atoms with Crippen LogP contribution in [0, 0.1) is 0 Å². The third-order valence-electron chi connectivity index (χ3n) is 6.71. The normalized spacial score (nSPS) is 11.7. The molecule has 0 aliphatic heterocycles. The first-order chi connectivity index (χ1) is 19.5. The molecule has 0 rings (SSSR count). The van der Waals surface area contributed by atoms with Crippen molar-refractivity contribution in [1.29, 1.82) is 0 Å². The molecule has 0 amide bonds. The first-order valence-electron chi connectivity index (χ1n) is 16.6. The number of carbonyl (C=O) groups is 2. The fraction of sp³-hybridized carbons (Fsp3) is 0.722. The molecule has 0 heterocycles. The molecule has 0 saturated heterocycles. The standard InChI is InChI=1S/2C18H32O2/c2*1-2-3-4-5-6-7-8-9-10-11-12-13-14-15-16-17-18(19)20/h7-10H,2-6,11-17H2,1H3,(H,19,20);6-7,9-10H,2-5,8,11-17H2,1H3,(H,19,20)/b8-7+,10-9-;7-6-,10-9-.